The number of imidazole rings is 1. The van der Waals surface area contributed by atoms with Crippen molar-refractivity contribution in [1.29, 1.82) is 0 Å². The van der Waals surface area contributed by atoms with Crippen LogP contribution in [0.2, 0.25) is 0 Å². The number of carbonyl (C=O) groups is 1. The van der Waals surface area contributed by atoms with Gasteiger partial charge in [0, 0.05) is 6.04 Å². The molecule has 0 spiro atoms. The normalized spacial score (nSPS) is 13.1. The van der Waals surface area contributed by atoms with Gasteiger partial charge in [-0.15, -0.1) is 0 Å². The van der Waals surface area contributed by atoms with Crippen LogP contribution in [0.5, 0.6) is 0 Å². The van der Waals surface area contributed by atoms with E-state index in [-0.39, 0.29) is 17.3 Å². The van der Waals surface area contributed by atoms with Gasteiger partial charge in [-0.1, -0.05) is 26.8 Å². The molecule has 0 saturated carbocycles. The molecule has 0 bridgehead atoms. The first-order valence-corrected chi connectivity index (χ1v) is 6.43. The third-order valence-electron chi connectivity index (χ3n) is 3.50. The van der Waals surface area contributed by atoms with Gasteiger partial charge in [-0.25, -0.2) is 9.59 Å². The molecule has 2 rings (SSSR count). The van der Waals surface area contributed by atoms with Crippen LogP contribution in [0, 0.1) is 5.92 Å². The number of carboxylic acids is 1. The van der Waals surface area contributed by atoms with Gasteiger partial charge in [-0.2, -0.15) is 0 Å². The molecular weight excluding hydrogens is 244 g/mol. The van der Waals surface area contributed by atoms with Gasteiger partial charge in [0.2, 0.25) is 0 Å². The molecule has 2 N–H and O–H groups in total. The number of hydrogen-bond acceptors (Lipinski definition) is 2. The minimum Gasteiger partial charge on any atom is -0.478 e. The maximum absolute atomic E-state index is 12.1. The first kappa shape index (κ1) is 13.4. The average Bonchev–Trinajstić information content (AvgIpc) is 2.66. The fourth-order valence-corrected chi connectivity index (χ4v) is 2.61. The molecule has 1 unspecified atom stereocenters. The van der Waals surface area contributed by atoms with Gasteiger partial charge in [-0.05, 0) is 24.5 Å². The first-order valence-electron chi connectivity index (χ1n) is 6.43. The van der Waals surface area contributed by atoms with E-state index in [1.54, 1.807) is 16.7 Å². The van der Waals surface area contributed by atoms with Crippen LogP contribution in [0.25, 0.3) is 11.0 Å². The Morgan fingerprint density at radius 2 is 2.11 bits per heavy atom. The number of fused-ring (bicyclic) bond motifs is 1. The van der Waals surface area contributed by atoms with Crippen molar-refractivity contribution in [2.45, 2.75) is 33.2 Å². The van der Waals surface area contributed by atoms with Gasteiger partial charge >= 0.3 is 11.7 Å². The summed E-state index contributed by atoms with van der Waals surface area (Å²) in [6.07, 6.45) is 0.821. The van der Waals surface area contributed by atoms with Crippen molar-refractivity contribution in [2.24, 2.45) is 5.92 Å². The largest absolute Gasteiger partial charge is 0.478 e. The summed E-state index contributed by atoms with van der Waals surface area (Å²) in [5.41, 5.74) is 0.945. The molecule has 5 heteroatoms. The van der Waals surface area contributed by atoms with Crippen molar-refractivity contribution in [3.8, 4) is 0 Å². The van der Waals surface area contributed by atoms with Gasteiger partial charge in [0.15, 0.2) is 0 Å². The summed E-state index contributed by atoms with van der Waals surface area (Å²) in [5, 5.41) is 9.16. The molecule has 1 atom stereocenters. The van der Waals surface area contributed by atoms with Gasteiger partial charge in [0.05, 0.1) is 16.6 Å². The first-order chi connectivity index (χ1) is 8.97. The maximum atomic E-state index is 12.1. The molecule has 5 nitrogen and oxygen atoms in total. The van der Waals surface area contributed by atoms with Crippen LogP contribution >= 0.6 is 0 Å². The highest BCUT2D eigenvalue weighted by Crippen LogP contribution is 2.25. The minimum atomic E-state index is -1.03. The van der Waals surface area contributed by atoms with Gasteiger partial charge in [-0.3, -0.25) is 4.57 Å². The second kappa shape index (κ2) is 4.91. The third kappa shape index (κ3) is 2.16. The number of para-hydroxylation sites is 1. The highest BCUT2D eigenvalue weighted by molar-refractivity contribution is 6.00. The average molecular weight is 262 g/mol. The number of carboxylic acid groups (broad SMARTS) is 1. The van der Waals surface area contributed by atoms with E-state index >= 15 is 0 Å². The second-order valence-corrected chi connectivity index (χ2v) is 5.02. The summed E-state index contributed by atoms with van der Waals surface area (Å²) in [4.78, 5) is 26.0. The summed E-state index contributed by atoms with van der Waals surface area (Å²) in [6, 6.07) is 5.01. The molecule has 0 radical (unpaired) electrons. The Morgan fingerprint density at radius 3 is 2.63 bits per heavy atom. The topological polar surface area (TPSA) is 75.1 Å². The summed E-state index contributed by atoms with van der Waals surface area (Å²) < 4.78 is 1.67. The Labute approximate surface area is 110 Å². The Kier molecular flexibility index (Phi) is 3.46. The lowest BCUT2D eigenvalue weighted by Crippen LogP contribution is -2.25. The van der Waals surface area contributed by atoms with Crippen LogP contribution in [0.4, 0.5) is 0 Å². The lowest BCUT2D eigenvalue weighted by Gasteiger charge is -2.20. The molecule has 0 aliphatic rings. The van der Waals surface area contributed by atoms with E-state index in [9.17, 15) is 9.59 Å². The highest BCUT2D eigenvalue weighted by atomic mass is 16.4. The van der Waals surface area contributed by atoms with Crippen molar-refractivity contribution >= 4 is 17.0 Å². The molecule has 0 fully saturated rings. The number of aromatic amines is 1. The summed E-state index contributed by atoms with van der Waals surface area (Å²) >= 11 is 0. The number of H-pyrrole nitrogens is 1. The number of aromatic carboxylic acids is 1. The highest BCUT2D eigenvalue weighted by Gasteiger charge is 2.21. The summed E-state index contributed by atoms with van der Waals surface area (Å²) in [7, 11) is 0. The van der Waals surface area contributed by atoms with Crippen molar-refractivity contribution in [2.75, 3.05) is 0 Å². The standard InChI is InChI=1S/C14H18N2O3/c1-4-10(8(2)3)16-11-7-5-6-9(13(17)18)12(11)15-14(16)19/h5-8,10H,4H2,1-3H3,(H,15,19)(H,17,18). The van der Waals surface area contributed by atoms with E-state index < -0.39 is 5.97 Å². The van der Waals surface area contributed by atoms with E-state index in [1.807, 2.05) is 6.92 Å². The van der Waals surface area contributed by atoms with Crippen LogP contribution in [0.15, 0.2) is 23.0 Å². The molecule has 1 aromatic carbocycles. The van der Waals surface area contributed by atoms with E-state index in [2.05, 4.69) is 18.8 Å². The SMILES string of the molecule is CCC(C(C)C)n1c(=O)[nH]c2c(C(=O)O)cccc21. The molecule has 19 heavy (non-hydrogen) atoms. The quantitative estimate of drug-likeness (QED) is 0.889. The molecule has 102 valence electrons. The lowest BCUT2D eigenvalue weighted by atomic mass is 10.0. The molecule has 1 aromatic heterocycles. The molecular formula is C14H18N2O3. The zero-order valence-corrected chi connectivity index (χ0v) is 11.3. The van der Waals surface area contributed by atoms with Gasteiger partial charge in [0.1, 0.15) is 0 Å². The maximum Gasteiger partial charge on any atom is 0.337 e. The summed E-state index contributed by atoms with van der Waals surface area (Å²) in [6.45, 7) is 6.14. The molecule has 0 amide bonds. The minimum absolute atomic E-state index is 0.0605. The van der Waals surface area contributed by atoms with E-state index in [1.165, 1.54) is 6.07 Å². The molecule has 0 aliphatic carbocycles. The van der Waals surface area contributed by atoms with Crippen LogP contribution in [0.1, 0.15) is 43.6 Å². The Bertz CT molecular complexity index is 667. The van der Waals surface area contributed by atoms with Crippen molar-refractivity contribution < 1.29 is 9.90 Å². The number of rotatable bonds is 4. The molecule has 0 aliphatic heterocycles. The summed E-state index contributed by atoms with van der Waals surface area (Å²) in [5.74, 6) is -0.730. The zero-order chi connectivity index (χ0) is 14.2. The van der Waals surface area contributed by atoms with Crippen molar-refractivity contribution in [3.63, 3.8) is 0 Å². The second-order valence-electron chi connectivity index (χ2n) is 5.02. The van der Waals surface area contributed by atoms with Crippen LogP contribution in [-0.4, -0.2) is 20.6 Å². The molecule has 1 heterocycles. The van der Waals surface area contributed by atoms with Crippen molar-refractivity contribution in [3.05, 3.63) is 34.2 Å². The predicted octanol–water partition coefficient (Wildman–Crippen LogP) is 2.63. The number of benzene rings is 1. The molecule has 0 saturated heterocycles. The number of hydrogen-bond donors (Lipinski definition) is 2. The van der Waals surface area contributed by atoms with E-state index in [0.717, 1.165) is 6.42 Å². The number of nitrogens with zero attached hydrogens (tertiary/aromatic N) is 1. The van der Waals surface area contributed by atoms with Crippen LogP contribution in [0.3, 0.4) is 0 Å². The van der Waals surface area contributed by atoms with Crippen LogP contribution in [-0.2, 0) is 0 Å². The molecule has 2 aromatic rings. The lowest BCUT2D eigenvalue weighted by molar-refractivity contribution is 0.0699. The third-order valence-corrected chi connectivity index (χ3v) is 3.50. The number of aromatic nitrogens is 2. The van der Waals surface area contributed by atoms with E-state index in [0.29, 0.717) is 17.0 Å². The van der Waals surface area contributed by atoms with Crippen LogP contribution < -0.4 is 5.69 Å². The Hall–Kier alpha value is -2.04. The monoisotopic (exact) mass is 262 g/mol. The van der Waals surface area contributed by atoms with Gasteiger partial charge < -0.3 is 10.1 Å². The van der Waals surface area contributed by atoms with E-state index in [4.69, 9.17) is 5.11 Å². The number of nitrogens with one attached hydrogen (secondary N) is 1. The predicted molar refractivity (Wildman–Crippen MR) is 73.7 cm³/mol. The smallest absolute Gasteiger partial charge is 0.337 e. The fourth-order valence-electron chi connectivity index (χ4n) is 2.61. The van der Waals surface area contributed by atoms with Crippen molar-refractivity contribution in [1.82, 2.24) is 9.55 Å². The Morgan fingerprint density at radius 1 is 1.42 bits per heavy atom. The Balaban J connectivity index is 2.76. The zero-order valence-electron chi connectivity index (χ0n) is 11.3. The van der Waals surface area contributed by atoms with Gasteiger partial charge in [0.25, 0.3) is 0 Å². The fraction of sp³-hybridized carbons (Fsp3) is 0.429.